The first-order valence-electron chi connectivity index (χ1n) is 10.3. The summed E-state index contributed by atoms with van der Waals surface area (Å²) in [4.78, 5) is 16.5. The molecule has 0 spiro atoms. The minimum absolute atomic E-state index is 0.199. The molecular weight excluding hydrogens is 340 g/mol. The van der Waals surface area contributed by atoms with Gasteiger partial charge in [0.2, 0.25) is 0 Å². The number of piperidine rings is 2. The van der Waals surface area contributed by atoms with Gasteiger partial charge in [-0.2, -0.15) is 0 Å². The predicted molar refractivity (Wildman–Crippen MR) is 107 cm³/mol. The third kappa shape index (κ3) is 6.51. The summed E-state index contributed by atoms with van der Waals surface area (Å²) in [7, 11) is 0. The van der Waals surface area contributed by atoms with Gasteiger partial charge in [0.05, 0.1) is 12.2 Å². The normalized spacial score (nSPS) is 20.6. The van der Waals surface area contributed by atoms with Crippen LogP contribution in [0.4, 0.5) is 4.79 Å². The van der Waals surface area contributed by atoms with E-state index in [1.807, 2.05) is 25.7 Å². The number of hydrogen-bond donors (Lipinski definition) is 0. The van der Waals surface area contributed by atoms with Crippen LogP contribution in [-0.4, -0.2) is 59.9 Å². The van der Waals surface area contributed by atoms with E-state index in [1.54, 1.807) is 0 Å². The summed E-state index contributed by atoms with van der Waals surface area (Å²) in [5.41, 5.74) is 0.949. The molecule has 1 amide bonds. The van der Waals surface area contributed by atoms with Crippen molar-refractivity contribution in [2.24, 2.45) is 0 Å². The minimum Gasteiger partial charge on any atom is -0.444 e. The van der Waals surface area contributed by atoms with Gasteiger partial charge in [-0.1, -0.05) is 30.3 Å². The molecule has 2 fully saturated rings. The molecule has 2 heterocycles. The highest BCUT2D eigenvalue weighted by Gasteiger charge is 2.29. The Morgan fingerprint density at radius 3 is 2.07 bits per heavy atom. The second-order valence-corrected chi connectivity index (χ2v) is 8.76. The van der Waals surface area contributed by atoms with E-state index >= 15 is 0 Å². The van der Waals surface area contributed by atoms with Gasteiger partial charge in [-0.15, -0.1) is 0 Å². The van der Waals surface area contributed by atoms with Crippen LogP contribution in [0.25, 0.3) is 0 Å². The molecule has 2 aliphatic heterocycles. The molecule has 0 radical (unpaired) electrons. The molecule has 27 heavy (non-hydrogen) atoms. The van der Waals surface area contributed by atoms with Crippen LogP contribution in [0.2, 0.25) is 0 Å². The van der Waals surface area contributed by atoms with Gasteiger partial charge in [-0.25, -0.2) is 4.79 Å². The molecule has 5 nitrogen and oxygen atoms in total. The van der Waals surface area contributed by atoms with Crippen molar-refractivity contribution in [1.82, 2.24) is 9.80 Å². The van der Waals surface area contributed by atoms with Gasteiger partial charge in [0, 0.05) is 32.7 Å². The lowest BCUT2D eigenvalue weighted by Gasteiger charge is -2.37. The fraction of sp³-hybridized carbons (Fsp3) is 0.682. The Morgan fingerprint density at radius 2 is 1.52 bits per heavy atom. The smallest absolute Gasteiger partial charge is 0.410 e. The molecule has 0 aliphatic carbocycles. The van der Waals surface area contributed by atoms with E-state index in [0.29, 0.717) is 6.10 Å². The Labute approximate surface area is 163 Å². The standard InChI is InChI=1S/C22H34N2O3/c1-22(2,3)27-21(25)24-15-11-20(12-16-24)26-19-9-13-23(14-10-19)17-18-7-5-4-6-8-18/h4-8,19-20H,9-17H2,1-3H3. The van der Waals surface area contributed by atoms with Crippen LogP contribution in [0.1, 0.15) is 52.0 Å². The molecule has 2 aliphatic rings. The van der Waals surface area contributed by atoms with Crippen molar-refractivity contribution in [1.29, 1.82) is 0 Å². The van der Waals surface area contributed by atoms with E-state index < -0.39 is 5.60 Å². The highest BCUT2D eigenvalue weighted by molar-refractivity contribution is 5.68. The number of benzene rings is 1. The molecule has 0 unspecified atom stereocenters. The summed E-state index contributed by atoms with van der Waals surface area (Å²) in [5.74, 6) is 0. The van der Waals surface area contributed by atoms with Crippen molar-refractivity contribution in [3.63, 3.8) is 0 Å². The van der Waals surface area contributed by atoms with Crippen LogP contribution in [0, 0.1) is 0 Å². The van der Waals surface area contributed by atoms with Crippen molar-refractivity contribution in [3.05, 3.63) is 35.9 Å². The average molecular weight is 375 g/mol. The molecule has 0 N–H and O–H groups in total. The largest absolute Gasteiger partial charge is 0.444 e. The Balaban J connectivity index is 1.35. The van der Waals surface area contributed by atoms with Gasteiger partial charge in [0.1, 0.15) is 5.60 Å². The number of ether oxygens (including phenoxy) is 2. The summed E-state index contributed by atoms with van der Waals surface area (Å²) >= 11 is 0. The second kappa shape index (κ2) is 9.07. The van der Waals surface area contributed by atoms with Crippen molar-refractivity contribution < 1.29 is 14.3 Å². The molecule has 0 atom stereocenters. The number of likely N-dealkylation sites (tertiary alicyclic amines) is 2. The molecule has 2 saturated heterocycles. The zero-order valence-electron chi connectivity index (χ0n) is 17.0. The lowest BCUT2D eigenvalue weighted by atomic mass is 10.0. The minimum atomic E-state index is -0.432. The molecule has 0 aromatic heterocycles. The predicted octanol–water partition coefficient (Wildman–Crippen LogP) is 4.07. The molecule has 0 saturated carbocycles. The molecular formula is C22H34N2O3. The Hall–Kier alpha value is -1.59. The summed E-state index contributed by atoms with van der Waals surface area (Å²) < 4.78 is 11.8. The molecule has 150 valence electrons. The SMILES string of the molecule is CC(C)(C)OC(=O)N1CCC(OC2CCN(Cc3ccccc3)CC2)CC1. The van der Waals surface area contributed by atoms with E-state index in [9.17, 15) is 4.79 Å². The summed E-state index contributed by atoms with van der Waals surface area (Å²) in [6, 6.07) is 10.7. The summed E-state index contributed by atoms with van der Waals surface area (Å²) in [5, 5.41) is 0. The van der Waals surface area contributed by atoms with Gasteiger partial charge in [-0.3, -0.25) is 4.90 Å². The van der Waals surface area contributed by atoms with Gasteiger partial charge < -0.3 is 14.4 Å². The van der Waals surface area contributed by atoms with Gasteiger partial charge in [0.15, 0.2) is 0 Å². The second-order valence-electron chi connectivity index (χ2n) is 8.76. The Kier molecular flexibility index (Phi) is 6.77. The third-order valence-corrected chi connectivity index (χ3v) is 5.26. The van der Waals surface area contributed by atoms with E-state index in [-0.39, 0.29) is 12.2 Å². The first-order valence-corrected chi connectivity index (χ1v) is 10.3. The van der Waals surface area contributed by atoms with Crippen LogP contribution < -0.4 is 0 Å². The van der Waals surface area contributed by atoms with Crippen molar-refractivity contribution in [2.75, 3.05) is 26.2 Å². The van der Waals surface area contributed by atoms with Crippen molar-refractivity contribution in [2.45, 2.75) is 70.8 Å². The number of carbonyl (C=O) groups is 1. The third-order valence-electron chi connectivity index (χ3n) is 5.26. The van der Waals surface area contributed by atoms with Crippen LogP contribution in [0.15, 0.2) is 30.3 Å². The molecule has 0 bridgehead atoms. The zero-order valence-corrected chi connectivity index (χ0v) is 17.0. The highest BCUT2D eigenvalue weighted by Crippen LogP contribution is 2.23. The van der Waals surface area contributed by atoms with Crippen LogP contribution in [0.5, 0.6) is 0 Å². The van der Waals surface area contributed by atoms with Crippen LogP contribution >= 0.6 is 0 Å². The first kappa shape index (κ1) is 20.2. The maximum absolute atomic E-state index is 12.2. The number of hydrogen-bond acceptors (Lipinski definition) is 4. The lowest BCUT2D eigenvalue weighted by molar-refractivity contribution is -0.0669. The Morgan fingerprint density at radius 1 is 0.963 bits per heavy atom. The van der Waals surface area contributed by atoms with Crippen LogP contribution in [0.3, 0.4) is 0 Å². The van der Waals surface area contributed by atoms with Gasteiger partial charge >= 0.3 is 6.09 Å². The summed E-state index contributed by atoms with van der Waals surface area (Å²) in [6.45, 7) is 10.4. The first-order chi connectivity index (χ1) is 12.9. The number of nitrogens with zero attached hydrogens (tertiary/aromatic N) is 2. The Bertz CT molecular complexity index is 583. The van der Waals surface area contributed by atoms with Crippen molar-refractivity contribution >= 4 is 6.09 Å². The van der Waals surface area contributed by atoms with E-state index in [2.05, 4.69) is 35.2 Å². The van der Waals surface area contributed by atoms with E-state index in [0.717, 1.165) is 58.4 Å². The molecule has 3 rings (SSSR count). The fourth-order valence-corrected chi connectivity index (χ4v) is 3.82. The van der Waals surface area contributed by atoms with E-state index in [1.165, 1.54) is 5.56 Å². The monoisotopic (exact) mass is 374 g/mol. The molecule has 1 aromatic carbocycles. The van der Waals surface area contributed by atoms with E-state index in [4.69, 9.17) is 9.47 Å². The quantitative estimate of drug-likeness (QED) is 0.797. The lowest BCUT2D eigenvalue weighted by Crippen LogP contribution is -2.45. The molecule has 5 heteroatoms. The van der Waals surface area contributed by atoms with Gasteiger partial charge in [-0.05, 0) is 52.0 Å². The average Bonchev–Trinajstić information content (AvgIpc) is 2.63. The maximum atomic E-state index is 12.2. The highest BCUT2D eigenvalue weighted by atomic mass is 16.6. The zero-order chi connectivity index (χ0) is 19.3. The van der Waals surface area contributed by atoms with Crippen molar-refractivity contribution in [3.8, 4) is 0 Å². The van der Waals surface area contributed by atoms with Gasteiger partial charge in [0.25, 0.3) is 0 Å². The number of carbonyl (C=O) groups excluding carboxylic acids is 1. The molecule has 1 aromatic rings. The topological polar surface area (TPSA) is 42.0 Å². The number of amides is 1. The number of rotatable bonds is 4. The van der Waals surface area contributed by atoms with Crippen LogP contribution in [-0.2, 0) is 16.0 Å². The maximum Gasteiger partial charge on any atom is 0.410 e. The summed E-state index contributed by atoms with van der Waals surface area (Å²) in [6.07, 6.45) is 4.44. The fourth-order valence-electron chi connectivity index (χ4n) is 3.82.